The summed E-state index contributed by atoms with van der Waals surface area (Å²) in [5, 5.41) is 15.5. The topological polar surface area (TPSA) is 101 Å². The van der Waals surface area contributed by atoms with E-state index in [2.05, 4.69) is 19.7 Å². The lowest BCUT2D eigenvalue weighted by molar-refractivity contribution is -0.140. The van der Waals surface area contributed by atoms with E-state index in [1.54, 1.807) is 6.92 Å². The van der Waals surface area contributed by atoms with Crippen LogP contribution in [0, 0.1) is 5.92 Å². The van der Waals surface area contributed by atoms with Crippen LogP contribution in [0.25, 0.3) is 0 Å². The Labute approximate surface area is 125 Å². The Hall–Kier alpha value is -2.37. The van der Waals surface area contributed by atoms with Gasteiger partial charge in [0.25, 0.3) is 0 Å². The third-order valence-electron chi connectivity index (χ3n) is 1.44. The Morgan fingerprint density at radius 2 is 1.43 bits per heavy atom. The number of ether oxygens (including phenoxy) is 1. The lowest BCUT2D eigenvalue weighted by Crippen LogP contribution is -2.09. The van der Waals surface area contributed by atoms with E-state index in [1.807, 2.05) is 13.8 Å². The van der Waals surface area contributed by atoms with Gasteiger partial charge in [-0.05, 0) is 19.8 Å². The van der Waals surface area contributed by atoms with Crippen LogP contribution in [-0.4, -0.2) is 34.7 Å². The van der Waals surface area contributed by atoms with Crippen molar-refractivity contribution in [1.82, 2.24) is 0 Å². The summed E-state index contributed by atoms with van der Waals surface area (Å²) in [4.78, 5) is 29.6. The highest BCUT2D eigenvalue weighted by Crippen LogP contribution is 1.97. The summed E-state index contributed by atoms with van der Waals surface area (Å²) >= 11 is 0. The Bertz CT molecular complexity index is 381. The van der Waals surface area contributed by atoms with Crippen LogP contribution in [0.4, 0.5) is 0 Å². The third-order valence-corrected chi connectivity index (χ3v) is 1.44. The molecule has 21 heavy (non-hydrogen) atoms. The molecule has 0 aliphatic rings. The van der Waals surface area contributed by atoms with Crippen molar-refractivity contribution in [3.8, 4) is 0 Å². The molecule has 0 radical (unpaired) electrons. The van der Waals surface area contributed by atoms with Crippen LogP contribution < -0.4 is 0 Å². The summed E-state index contributed by atoms with van der Waals surface area (Å²) < 4.78 is 4.83. The molecule has 0 aliphatic carbocycles. The van der Waals surface area contributed by atoms with Crippen molar-refractivity contribution in [3.05, 3.63) is 37.0 Å². The summed E-state index contributed by atoms with van der Waals surface area (Å²) in [5.41, 5.74) is 0.635. The van der Waals surface area contributed by atoms with Crippen molar-refractivity contribution in [3.63, 3.8) is 0 Å². The molecule has 120 valence electrons. The summed E-state index contributed by atoms with van der Waals surface area (Å²) in [6.07, 6.45) is 0.833. The SMILES string of the molecule is C=C(C)C(=O)O.C=C(C)C(=O)OCC(C)C.C=CC(=O)O. The second-order valence-corrected chi connectivity index (χ2v) is 4.40. The van der Waals surface area contributed by atoms with Gasteiger partial charge in [-0.15, -0.1) is 0 Å². The highest BCUT2D eigenvalue weighted by atomic mass is 16.5. The third kappa shape index (κ3) is 27.0. The Morgan fingerprint density at radius 3 is 1.57 bits per heavy atom. The van der Waals surface area contributed by atoms with Gasteiger partial charge in [0.1, 0.15) is 0 Å². The highest BCUT2D eigenvalue weighted by molar-refractivity contribution is 5.86. The number of carbonyl (C=O) groups excluding carboxylic acids is 1. The van der Waals surface area contributed by atoms with Gasteiger partial charge in [0, 0.05) is 17.2 Å². The van der Waals surface area contributed by atoms with Crippen LogP contribution in [-0.2, 0) is 19.1 Å². The summed E-state index contributed by atoms with van der Waals surface area (Å²) in [5.74, 6) is -1.82. The van der Waals surface area contributed by atoms with Crippen LogP contribution in [0.5, 0.6) is 0 Å². The molecule has 0 spiro atoms. The molecular weight excluding hydrogens is 276 g/mol. The molecule has 0 bridgehead atoms. The molecule has 0 fully saturated rings. The summed E-state index contributed by atoms with van der Waals surface area (Å²) in [7, 11) is 0. The summed E-state index contributed by atoms with van der Waals surface area (Å²) in [6, 6.07) is 0. The molecular formula is C15H24O6. The fraction of sp³-hybridized carbons (Fsp3) is 0.400. The smallest absolute Gasteiger partial charge is 0.333 e. The Kier molecular flexibility index (Phi) is 15.9. The fourth-order valence-corrected chi connectivity index (χ4v) is 0.366. The van der Waals surface area contributed by atoms with E-state index in [0.717, 1.165) is 6.08 Å². The minimum atomic E-state index is -0.981. The molecule has 0 aromatic rings. The van der Waals surface area contributed by atoms with E-state index < -0.39 is 11.9 Å². The first-order valence-corrected chi connectivity index (χ1v) is 6.02. The maximum atomic E-state index is 10.7. The Balaban J connectivity index is -0.000000252. The van der Waals surface area contributed by atoms with Gasteiger partial charge in [0.2, 0.25) is 0 Å². The second-order valence-electron chi connectivity index (χ2n) is 4.40. The van der Waals surface area contributed by atoms with E-state index in [9.17, 15) is 14.4 Å². The van der Waals surface area contributed by atoms with Crippen molar-refractivity contribution >= 4 is 17.9 Å². The molecule has 0 saturated carbocycles. The number of carbonyl (C=O) groups is 3. The number of rotatable bonds is 5. The first-order valence-electron chi connectivity index (χ1n) is 6.02. The lowest BCUT2D eigenvalue weighted by atomic mass is 10.2. The summed E-state index contributed by atoms with van der Waals surface area (Å²) in [6.45, 7) is 17.1. The average molecular weight is 300 g/mol. The minimum absolute atomic E-state index is 0.176. The number of esters is 1. The fourth-order valence-electron chi connectivity index (χ4n) is 0.366. The van der Waals surface area contributed by atoms with Crippen molar-refractivity contribution in [2.75, 3.05) is 6.61 Å². The molecule has 0 aromatic carbocycles. The second kappa shape index (κ2) is 14.0. The zero-order chi connectivity index (χ0) is 17.6. The lowest BCUT2D eigenvalue weighted by Gasteiger charge is -2.05. The van der Waals surface area contributed by atoms with Crippen molar-refractivity contribution < 1.29 is 29.3 Å². The van der Waals surface area contributed by atoms with Gasteiger partial charge < -0.3 is 14.9 Å². The van der Waals surface area contributed by atoms with Gasteiger partial charge in [-0.3, -0.25) is 0 Å². The van der Waals surface area contributed by atoms with Crippen LogP contribution in [0.1, 0.15) is 27.7 Å². The first-order chi connectivity index (χ1) is 9.45. The zero-order valence-electron chi connectivity index (χ0n) is 13.0. The molecule has 2 N–H and O–H groups in total. The monoisotopic (exact) mass is 300 g/mol. The van der Waals surface area contributed by atoms with E-state index in [0.29, 0.717) is 18.1 Å². The van der Waals surface area contributed by atoms with E-state index in [4.69, 9.17) is 14.9 Å². The molecule has 0 heterocycles. The standard InChI is InChI=1S/C8H14O2.C4H6O2.C3H4O2/c1-6(2)5-10-8(9)7(3)4;1-3(2)4(5)6;1-2-3(4)5/h6H,3,5H2,1-2,4H3;1H2,2H3,(H,5,6);2H,1H2,(H,4,5). The Morgan fingerprint density at radius 1 is 1.10 bits per heavy atom. The van der Waals surface area contributed by atoms with E-state index >= 15 is 0 Å². The van der Waals surface area contributed by atoms with E-state index in [-0.39, 0.29) is 11.5 Å². The number of hydrogen-bond acceptors (Lipinski definition) is 4. The van der Waals surface area contributed by atoms with Gasteiger partial charge in [0.05, 0.1) is 6.61 Å². The largest absolute Gasteiger partial charge is 0.478 e. The van der Waals surface area contributed by atoms with Gasteiger partial charge >= 0.3 is 17.9 Å². The minimum Gasteiger partial charge on any atom is -0.478 e. The van der Waals surface area contributed by atoms with Gasteiger partial charge in [-0.25, -0.2) is 14.4 Å². The van der Waals surface area contributed by atoms with Crippen molar-refractivity contribution in [2.45, 2.75) is 27.7 Å². The van der Waals surface area contributed by atoms with Gasteiger partial charge in [0.15, 0.2) is 0 Å². The van der Waals surface area contributed by atoms with Crippen LogP contribution >= 0.6 is 0 Å². The normalized spacial score (nSPS) is 8.24. The quantitative estimate of drug-likeness (QED) is 0.598. The van der Waals surface area contributed by atoms with Gasteiger partial charge in [-0.1, -0.05) is 33.6 Å². The van der Waals surface area contributed by atoms with Crippen LogP contribution in [0.3, 0.4) is 0 Å². The molecule has 0 aliphatic heterocycles. The number of carboxylic acids is 2. The van der Waals surface area contributed by atoms with E-state index in [1.165, 1.54) is 6.92 Å². The maximum absolute atomic E-state index is 10.7. The number of aliphatic carboxylic acids is 2. The molecule has 6 heteroatoms. The van der Waals surface area contributed by atoms with Crippen LogP contribution in [0.2, 0.25) is 0 Å². The molecule has 0 amide bonds. The molecule has 6 nitrogen and oxygen atoms in total. The van der Waals surface area contributed by atoms with Crippen LogP contribution in [0.15, 0.2) is 37.0 Å². The molecule has 0 atom stereocenters. The molecule has 0 aromatic heterocycles. The predicted molar refractivity (Wildman–Crippen MR) is 80.9 cm³/mol. The molecule has 0 saturated heterocycles. The molecule has 0 rings (SSSR count). The number of hydrogen-bond donors (Lipinski definition) is 2. The predicted octanol–water partition coefficient (Wildman–Crippen LogP) is 2.67. The van der Waals surface area contributed by atoms with Gasteiger partial charge in [-0.2, -0.15) is 0 Å². The highest BCUT2D eigenvalue weighted by Gasteiger charge is 2.03. The van der Waals surface area contributed by atoms with Crippen molar-refractivity contribution in [2.24, 2.45) is 5.92 Å². The number of carboxylic acid groups (broad SMARTS) is 2. The first kappa shape index (κ1) is 23.7. The van der Waals surface area contributed by atoms with Crippen molar-refractivity contribution in [1.29, 1.82) is 0 Å². The zero-order valence-corrected chi connectivity index (χ0v) is 13.0. The average Bonchev–Trinajstić information content (AvgIpc) is 2.36. The maximum Gasteiger partial charge on any atom is 0.333 e. The molecule has 0 unspecified atom stereocenters.